The van der Waals surface area contributed by atoms with Crippen LogP contribution >= 0.6 is 0 Å². The summed E-state index contributed by atoms with van der Waals surface area (Å²) in [5, 5.41) is 18.1. The Morgan fingerprint density at radius 1 is 1.25 bits per heavy atom. The van der Waals surface area contributed by atoms with Crippen LogP contribution in [0.1, 0.15) is 16.8 Å². The molecule has 0 aliphatic carbocycles. The normalized spacial score (nSPS) is 16.9. The number of anilines is 2. The number of hydrogen-bond donors (Lipinski definition) is 3. The van der Waals surface area contributed by atoms with E-state index < -0.39 is 5.97 Å². The number of hydrogen-bond acceptors (Lipinski definition) is 5. The Bertz CT molecular complexity index is 479. The van der Waals surface area contributed by atoms with E-state index >= 15 is 0 Å². The first-order valence-electron chi connectivity index (χ1n) is 6.83. The lowest BCUT2D eigenvalue weighted by Gasteiger charge is -2.24. The highest BCUT2D eigenvalue weighted by Gasteiger charge is 2.17. The zero-order valence-corrected chi connectivity index (χ0v) is 11.5. The van der Waals surface area contributed by atoms with Crippen LogP contribution in [-0.2, 0) is 0 Å². The summed E-state index contributed by atoms with van der Waals surface area (Å²) in [7, 11) is 0. The Morgan fingerprint density at radius 3 is 2.75 bits per heavy atom. The molecule has 0 aromatic heterocycles. The van der Waals surface area contributed by atoms with Gasteiger partial charge in [-0.1, -0.05) is 0 Å². The first kappa shape index (κ1) is 14.6. The Hall–Kier alpha value is -1.79. The maximum absolute atomic E-state index is 11.1. The summed E-state index contributed by atoms with van der Waals surface area (Å²) < 4.78 is 0. The van der Waals surface area contributed by atoms with Crippen molar-refractivity contribution in [3.8, 4) is 0 Å². The maximum Gasteiger partial charge on any atom is 0.337 e. The van der Waals surface area contributed by atoms with Gasteiger partial charge in [-0.2, -0.15) is 0 Å². The number of nitrogens with zero attached hydrogens (tertiary/aromatic N) is 2. The molecule has 1 aliphatic rings. The second-order valence-corrected chi connectivity index (χ2v) is 4.98. The maximum atomic E-state index is 11.1. The van der Waals surface area contributed by atoms with E-state index in [0.717, 1.165) is 38.3 Å². The first-order chi connectivity index (χ1) is 9.61. The highest BCUT2D eigenvalue weighted by Crippen LogP contribution is 2.22. The Morgan fingerprint density at radius 2 is 2.05 bits per heavy atom. The average molecular weight is 279 g/mol. The van der Waals surface area contributed by atoms with Crippen molar-refractivity contribution in [2.45, 2.75) is 6.42 Å². The van der Waals surface area contributed by atoms with E-state index in [2.05, 4.69) is 9.80 Å². The van der Waals surface area contributed by atoms with Gasteiger partial charge < -0.3 is 20.8 Å². The van der Waals surface area contributed by atoms with E-state index in [1.807, 2.05) is 6.07 Å². The summed E-state index contributed by atoms with van der Waals surface area (Å²) in [5.41, 5.74) is 7.01. The lowest BCUT2D eigenvalue weighted by atomic mass is 10.1. The number of rotatable bonds is 4. The average Bonchev–Trinajstić information content (AvgIpc) is 2.65. The van der Waals surface area contributed by atoms with Gasteiger partial charge in [0.2, 0.25) is 0 Å². The van der Waals surface area contributed by atoms with Gasteiger partial charge in [-0.05, 0) is 31.2 Å². The molecule has 6 nitrogen and oxygen atoms in total. The third-order valence-electron chi connectivity index (χ3n) is 3.64. The summed E-state index contributed by atoms with van der Waals surface area (Å²) in [6.45, 7) is 4.39. The van der Waals surface area contributed by atoms with Crippen LogP contribution in [0.2, 0.25) is 0 Å². The molecule has 0 bridgehead atoms. The summed E-state index contributed by atoms with van der Waals surface area (Å²) in [4.78, 5) is 15.5. The van der Waals surface area contributed by atoms with Crippen LogP contribution in [0.5, 0.6) is 0 Å². The third kappa shape index (κ3) is 3.40. The molecule has 0 saturated carbocycles. The predicted molar refractivity (Wildman–Crippen MR) is 78.2 cm³/mol. The largest absolute Gasteiger partial charge is 0.478 e. The Balaban J connectivity index is 2.11. The van der Waals surface area contributed by atoms with Gasteiger partial charge in [-0.25, -0.2) is 4.79 Å². The quantitative estimate of drug-likeness (QED) is 0.694. The van der Waals surface area contributed by atoms with Gasteiger partial charge in [0.1, 0.15) is 0 Å². The summed E-state index contributed by atoms with van der Waals surface area (Å²) in [5.74, 6) is -0.999. The molecule has 6 heteroatoms. The van der Waals surface area contributed by atoms with Crippen LogP contribution in [0.25, 0.3) is 0 Å². The number of aliphatic hydroxyl groups is 1. The van der Waals surface area contributed by atoms with Gasteiger partial charge in [0.25, 0.3) is 0 Å². The van der Waals surface area contributed by atoms with Crippen LogP contribution in [0, 0.1) is 0 Å². The van der Waals surface area contributed by atoms with Crippen molar-refractivity contribution >= 4 is 17.3 Å². The van der Waals surface area contributed by atoms with Crippen molar-refractivity contribution < 1.29 is 15.0 Å². The predicted octanol–water partition coefficient (Wildman–Crippen LogP) is 0.471. The van der Waals surface area contributed by atoms with Gasteiger partial charge in [0.15, 0.2) is 0 Å². The van der Waals surface area contributed by atoms with Gasteiger partial charge in [0, 0.05) is 37.6 Å². The number of β-amino-alcohol motifs (C(OH)–C–C–N with tert-alkyl or cyclic N) is 1. The highest BCUT2D eigenvalue weighted by molar-refractivity contribution is 5.94. The van der Waals surface area contributed by atoms with Crippen LogP contribution in [-0.4, -0.2) is 60.4 Å². The van der Waals surface area contributed by atoms with Crippen LogP contribution in [0.3, 0.4) is 0 Å². The molecule has 2 rings (SSSR count). The molecule has 1 aromatic rings. The molecule has 1 heterocycles. The molecule has 1 fully saturated rings. The van der Waals surface area contributed by atoms with Gasteiger partial charge >= 0.3 is 5.97 Å². The minimum atomic E-state index is -0.999. The van der Waals surface area contributed by atoms with Crippen LogP contribution < -0.4 is 10.6 Å². The second-order valence-electron chi connectivity index (χ2n) is 4.98. The van der Waals surface area contributed by atoms with Crippen molar-refractivity contribution in [2.75, 3.05) is 50.0 Å². The minimum absolute atomic E-state index is 0.152. The van der Waals surface area contributed by atoms with E-state index in [-0.39, 0.29) is 17.9 Å². The van der Waals surface area contributed by atoms with E-state index in [4.69, 9.17) is 15.9 Å². The molecular weight excluding hydrogens is 258 g/mol. The number of aliphatic hydroxyl groups excluding tert-OH is 1. The van der Waals surface area contributed by atoms with E-state index in [1.54, 1.807) is 12.1 Å². The molecular formula is C14H21N3O3. The van der Waals surface area contributed by atoms with Crippen LogP contribution in [0.4, 0.5) is 11.4 Å². The number of carboxylic acid groups (broad SMARTS) is 1. The number of carbonyl (C=O) groups is 1. The topological polar surface area (TPSA) is 90.0 Å². The number of nitrogen functional groups attached to an aromatic ring is 1. The van der Waals surface area contributed by atoms with E-state index in [1.165, 1.54) is 0 Å². The molecule has 0 atom stereocenters. The fourth-order valence-corrected chi connectivity index (χ4v) is 2.52. The molecule has 1 aliphatic heterocycles. The first-order valence-corrected chi connectivity index (χ1v) is 6.83. The highest BCUT2D eigenvalue weighted by atomic mass is 16.4. The van der Waals surface area contributed by atoms with Crippen molar-refractivity contribution in [2.24, 2.45) is 0 Å². The molecule has 4 N–H and O–H groups in total. The second kappa shape index (κ2) is 6.58. The SMILES string of the molecule is Nc1ccc(N2CCCN(CCO)CC2)cc1C(=O)O. The molecule has 0 radical (unpaired) electrons. The number of aromatic carboxylic acids is 1. The molecule has 0 spiro atoms. The Kier molecular flexibility index (Phi) is 4.81. The van der Waals surface area contributed by atoms with Crippen molar-refractivity contribution in [3.05, 3.63) is 23.8 Å². The summed E-state index contributed by atoms with van der Waals surface area (Å²) in [6.07, 6.45) is 0.993. The molecule has 110 valence electrons. The molecule has 1 aromatic carbocycles. The molecule has 0 unspecified atom stereocenters. The zero-order chi connectivity index (χ0) is 14.5. The molecule has 0 amide bonds. The zero-order valence-electron chi connectivity index (χ0n) is 11.5. The Labute approximate surface area is 118 Å². The molecule has 1 saturated heterocycles. The lowest BCUT2D eigenvalue weighted by Crippen LogP contribution is -2.32. The smallest absolute Gasteiger partial charge is 0.337 e. The number of carboxylic acids is 1. The fourth-order valence-electron chi connectivity index (χ4n) is 2.52. The number of nitrogens with two attached hydrogens (primary N) is 1. The van der Waals surface area contributed by atoms with Crippen molar-refractivity contribution in [1.29, 1.82) is 0 Å². The van der Waals surface area contributed by atoms with E-state index in [0.29, 0.717) is 6.54 Å². The standard InChI is InChI=1S/C14H21N3O3/c15-13-3-2-11(10-12(13)14(19)20)17-5-1-4-16(6-7-17)8-9-18/h2-3,10,18H,1,4-9,15H2,(H,19,20). The monoisotopic (exact) mass is 279 g/mol. The third-order valence-corrected chi connectivity index (χ3v) is 3.64. The molecule has 20 heavy (non-hydrogen) atoms. The summed E-state index contributed by atoms with van der Waals surface area (Å²) >= 11 is 0. The van der Waals surface area contributed by atoms with E-state index in [9.17, 15) is 4.79 Å². The van der Waals surface area contributed by atoms with Crippen LogP contribution in [0.15, 0.2) is 18.2 Å². The van der Waals surface area contributed by atoms with Gasteiger partial charge in [0.05, 0.1) is 12.2 Å². The van der Waals surface area contributed by atoms with Gasteiger partial charge in [-0.15, -0.1) is 0 Å². The fraction of sp³-hybridized carbons (Fsp3) is 0.500. The summed E-state index contributed by atoms with van der Waals surface area (Å²) in [6, 6.07) is 5.15. The van der Waals surface area contributed by atoms with Crippen molar-refractivity contribution in [1.82, 2.24) is 4.90 Å². The van der Waals surface area contributed by atoms with Gasteiger partial charge in [-0.3, -0.25) is 4.90 Å². The lowest BCUT2D eigenvalue weighted by molar-refractivity contribution is 0.0698. The number of benzene rings is 1. The minimum Gasteiger partial charge on any atom is -0.478 e. The van der Waals surface area contributed by atoms with Crippen molar-refractivity contribution in [3.63, 3.8) is 0 Å².